The van der Waals surface area contributed by atoms with Gasteiger partial charge in [0.05, 0.1) is 0 Å². The highest BCUT2D eigenvalue weighted by Gasteiger charge is 2.39. The highest BCUT2D eigenvalue weighted by atomic mass is 28.4. The first kappa shape index (κ1) is 12.0. The van der Waals surface area contributed by atoms with Crippen molar-refractivity contribution >= 4 is 16.1 Å². The molecule has 1 aliphatic carbocycles. The fourth-order valence-electron chi connectivity index (χ4n) is 3.09. The van der Waals surface area contributed by atoms with Crippen LogP contribution in [0.1, 0.15) is 6.42 Å². The van der Waals surface area contributed by atoms with Gasteiger partial charge in [0.25, 0.3) is 0 Å². The van der Waals surface area contributed by atoms with Crippen molar-refractivity contribution in [2.45, 2.75) is 50.9 Å². The molecule has 1 aliphatic rings. The Morgan fingerprint density at radius 1 is 1.00 bits per heavy atom. The quantitative estimate of drug-likeness (QED) is 0.621. The molecule has 0 atom stereocenters. The average molecular weight is 224 g/mol. The lowest BCUT2D eigenvalue weighted by atomic mass is 10.3. The summed E-state index contributed by atoms with van der Waals surface area (Å²) in [6.07, 6.45) is 8.14. The summed E-state index contributed by atoms with van der Waals surface area (Å²) in [4.78, 5) is 0. The standard InChI is InChI=1S/C12H24Si2/c1-13(2,3)12(14(4,5)6)11-9-7-8-10-11/h7-9,12H,10H2,1-6H3. The van der Waals surface area contributed by atoms with Crippen LogP contribution in [-0.2, 0) is 0 Å². The Labute approximate surface area is 91.1 Å². The van der Waals surface area contributed by atoms with Gasteiger partial charge in [0.15, 0.2) is 0 Å². The van der Waals surface area contributed by atoms with E-state index in [0.29, 0.717) is 0 Å². The molecule has 80 valence electrons. The molecule has 1 rings (SSSR count). The molecule has 0 bridgehead atoms. The first-order valence-electron chi connectivity index (χ1n) is 5.58. The van der Waals surface area contributed by atoms with Crippen molar-refractivity contribution in [2.75, 3.05) is 0 Å². The van der Waals surface area contributed by atoms with Crippen LogP contribution in [0.15, 0.2) is 23.8 Å². The Bertz CT molecular complexity index is 247. The number of hydrogen-bond donors (Lipinski definition) is 0. The maximum atomic E-state index is 2.52. The van der Waals surface area contributed by atoms with Crippen LogP contribution in [0, 0.1) is 0 Å². The van der Waals surface area contributed by atoms with E-state index in [9.17, 15) is 0 Å². The van der Waals surface area contributed by atoms with Gasteiger partial charge < -0.3 is 0 Å². The van der Waals surface area contributed by atoms with Crippen molar-refractivity contribution in [2.24, 2.45) is 0 Å². The van der Waals surface area contributed by atoms with Gasteiger partial charge in [-0.3, -0.25) is 0 Å². The minimum atomic E-state index is -1.03. The predicted octanol–water partition coefficient (Wildman–Crippen LogP) is 4.46. The molecule has 0 nitrogen and oxygen atoms in total. The van der Waals surface area contributed by atoms with Gasteiger partial charge in [0.2, 0.25) is 0 Å². The molecule has 0 aromatic carbocycles. The van der Waals surface area contributed by atoms with Gasteiger partial charge in [-0.1, -0.05) is 63.1 Å². The summed E-state index contributed by atoms with van der Waals surface area (Å²) < 4.78 is 0. The predicted molar refractivity (Wildman–Crippen MR) is 72.3 cm³/mol. The fraction of sp³-hybridized carbons (Fsp3) is 0.667. The zero-order valence-corrected chi connectivity index (χ0v) is 12.5. The van der Waals surface area contributed by atoms with Crippen molar-refractivity contribution in [1.82, 2.24) is 0 Å². The van der Waals surface area contributed by atoms with Crippen LogP contribution in [0.2, 0.25) is 44.4 Å². The van der Waals surface area contributed by atoms with E-state index in [2.05, 4.69) is 57.5 Å². The van der Waals surface area contributed by atoms with Crippen molar-refractivity contribution in [1.29, 1.82) is 0 Å². The van der Waals surface area contributed by atoms with E-state index >= 15 is 0 Å². The number of hydrogen-bond acceptors (Lipinski definition) is 0. The van der Waals surface area contributed by atoms with Crippen LogP contribution in [0.25, 0.3) is 0 Å². The molecule has 0 spiro atoms. The summed E-state index contributed by atoms with van der Waals surface area (Å²) in [5.74, 6) is 0. The molecule has 0 aliphatic heterocycles. The third kappa shape index (κ3) is 2.70. The first-order valence-corrected chi connectivity index (χ1v) is 12.7. The van der Waals surface area contributed by atoms with E-state index in [-0.39, 0.29) is 0 Å². The Balaban J connectivity index is 2.95. The SMILES string of the molecule is C[Si](C)(C)C(C1=CC=CC1)[Si](C)(C)C. The summed E-state index contributed by atoms with van der Waals surface area (Å²) >= 11 is 0. The van der Waals surface area contributed by atoms with Gasteiger partial charge in [-0.15, -0.1) is 0 Å². The van der Waals surface area contributed by atoms with Crippen LogP contribution >= 0.6 is 0 Å². The fourth-order valence-corrected chi connectivity index (χ4v) is 16.1. The maximum Gasteiger partial charge on any atom is 0.0489 e. The van der Waals surface area contributed by atoms with Gasteiger partial charge in [0.1, 0.15) is 0 Å². The third-order valence-electron chi connectivity index (χ3n) is 2.90. The molecule has 0 fully saturated rings. The monoisotopic (exact) mass is 224 g/mol. The first-order chi connectivity index (χ1) is 6.23. The van der Waals surface area contributed by atoms with Crippen LogP contribution in [-0.4, -0.2) is 16.1 Å². The third-order valence-corrected chi connectivity index (χ3v) is 12.3. The van der Waals surface area contributed by atoms with Gasteiger partial charge in [-0.05, 0) is 11.6 Å². The zero-order chi connectivity index (χ0) is 11.0. The van der Waals surface area contributed by atoms with Gasteiger partial charge in [-0.2, -0.15) is 0 Å². The molecule has 14 heavy (non-hydrogen) atoms. The normalized spacial score (nSPS) is 17.8. The van der Waals surface area contributed by atoms with Crippen LogP contribution in [0.5, 0.6) is 0 Å². The topological polar surface area (TPSA) is 0 Å². The molecule has 2 heteroatoms. The second-order valence-corrected chi connectivity index (χ2v) is 17.7. The molecule has 0 unspecified atom stereocenters. The molecular formula is C12H24Si2. The van der Waals surface area contributed by atoms with E-state index in [4.69, 9.17) is 0 Å². The lowest BCUT2D eigenvalue weighted by molar-refractivity contribution is 1.11. The van der Waals surface area contributed by atoms with E-state index < -0.39 is 16.1 Å². The van der Waals surface area contributed by atoms with Crippen LogP contribution in [0.4, 0.5) is 0 Å². The van der Waals surface area contributed by atoms with E-state index in [1.807, 2.05) is 0 Å². The molecule has 0 radical (unpaired) electrons. The van der Waals surface area contributed by atoms with E-state index in [1.54, 1.807) is 5.57 Å². The molecule has 0 heterocycles. The van der Waals surface area contributed by atoms with Crippen molar-refractivity contribution < 1.29 is 0 Å². The molecule has 0 saturated heterocycles. The number of rotatable bonds is 3. The zero-order valence-electron chi connectivity index (χ0n) is 10.5. The lowest BCUT2D eigenvalue weighted by Crippen LogP contribution is -2.44. The Morgan fingerprint density at radius 2 is 1.50 bits per heavy atom. The summed E-state index contributed by atoms with van der Waals surface area (Å²) in [6, 6.07) is 0. The maximum absolute atomic E-state index is 2.52. The van der Waals surface area contributed by atoms with Crippen molar-refractivity contribution in [3.63, 3.8) is 0 Å². The van der Waals surface area contributed by atoms with Gasteiger partial charge >= 0.3 is 0 Å². The molecule has 0 aromatic rings. The molecule has 0 saturated carbocycles. The summed E-state index contributed by atoms with van der Waals surface area (Å²) in [5, 5.41) is 0.949. The van der Waals surface area contributed by atoms with Crippen LogP contribution in [0.3, 0.4) is 0 Å². The average Bonchev–Trinajstić information content (AvgIpc) is 2.31. The molecule has 0 aromatic heterocycles. The summed E-state index contributed by atoms with van der Waals surface area (Å²) in [6.45, 7) is 15.1. The molecule has 0 amide bonds. The Kier molecular flexibility index (Phi) is 3.27. The summed E-state index contributed by atoms with van der Waals surface area (Å²) in [7, 11) is -2.07. The highest BCUT2D eigenvalue weighted by Crippen LogP contribution is 2.41. The molecule has 0 N–H and O–H groups in total. The largest absolute Gasteiger partial charge is 0.0805 e. The minimum absolute atomic E-state index is 0.949. The molecular weight excluding hydrogens is 200 g/mol. The Morgan fingerprint density at radius 3 is 1.79 bits per heavy atom. The summed E-state index contributed by atoms with van der Waals surface area (Å²) in [5.41, 5.74) is 1.73. The second kappa shape index (κ2) is 3.82. The number of allylic oxidation sites excluding steroid dienone is 4. The van der Waals surface area contributed by atoms with E-state index in [0.717, 1.165) is 5.16 Å². The van der Waals surface area contributed by atoms with Crippen LogP contribution < -0.4 is 0 Å². The second-order valence-electron chi connectivity index (χ2n) is 6.54. The van der Waals surface area contributed by atoms with E-state index in [1.165, 1.54) is 6.42 Å². The minimum Gasteiger partial charge on any atom is -0.0805 e. The smallest absolute Gasteiger partial charge is 0.0489 e. The Hall–Kier alpha value is -0.0862. The van der Waals surface area contributed by atoms with Gasteiger partial charge in [0, 0.05) is 16.1 Å². The van der Waals surface area contributed by atoms with Gasteiger partial charge in [-0.25, -0.2) is 0 Å². The van der Waals surface area contributed by atoms with Crippen molar-refractivity contribution in [3.8, 4) is 0 Å². The lowest BCUT2D eigenvalue weighted by Gasteiger charge is -2.39. The van der Waals surface area contributed by atoms with Crippen molar-refractivity contribution in [3.05, 3.63) is 23.8 Å². The highest BCUT2D eigenvalue weighted by molar-refractivity contribution is 6.97.